The van der Waals surface area contributed by atoms with Gasteiger partial charge in [-0.05, 0) is 67.2 Å². The summed E-state index contributed by atoms with van der Waals surface area (Å²) >= 11 is 11.9. The Balaban J connectivity index is 2.24. The van der Waals surface area contributed by atoms with Crippen molar-refractivity contribution in [3.63, 3.8) is 0 Å². The van der Waals surface area contributed by atoms with Crippen LogP contribution >= 0.6 is 23.8 Å². The Labute approximate surface area is 149 Å². The third-order valence-corrected chi connectivity index (χ3v) is 4.41. The minimum atomic E-state index is 0.564. The van der Waals surface area contributed by atoms with Gasteiger partial charge in [-0.25, -0.2) is 0 Å². The third-order valence-electron chi connectivity index (χ3n) is 3.91. The van der Waals surface area contributed by atoms with Crippen LogP contribution < -0.4 is 10.6 Å². The molecule has 4 heteroatoms. The van der Waals surface area contributed by atoms with Crippen LogP contribution in [0.4, 0.5) is 11.4 Å². The smallest absolute Gasteiger partial charge is 0.175 e. The van der Waals surface area contributed by atoms with Crippen molar-refractivity contribution in [3.05, 3.63) is 57.6 Å². The molecule has 0 saturated carbocycles. The molecular weight excluding hydrogens is 324 g/mol. The number of benzene rings is 2. The van der Waals surface area contributed by atoms with Crippen molar-refractivity contribution in [3.8, 4) is 0 Å². The molecule has 0 amide bonds. The van der Waals surface area contributed by atoms with Crippen LogP contribution in [0.25, 0.3) is 0 Å². The van der Waals surface area contributed by atoms with Crippen LogP contribution in [-0.2, 0) is 12.8 Å². The summed E-state index contributed by atoms with van der Waals surface area (Å²) in [5.41, 5.74) is 6.72. The molecule has 0 aliphatic carbocycles. The van der Waals surface area contributed by atoms with Crippen molar-refractivity contribution in [2.45, 2.75) is 40.5 Å². The summed E-state index contributed by atoms with van der Waals surface area (Å²) in [7, 11) is 0. The molecule has 0 spiro atoms. The van der Waals surface area contributed by atoms with Crippen LogP contribution in [0.5, 0.6) is 0 Å². The lowest BCUT2D eigenvalue weighted by molar-refractivity contribution is 1.09. The number of halogens is 1. The van der Waals surface area contributed by atoms with E-state index in [0.717, 1.165) is 35.3 Å². The monoisotopic (exact) mass is 346 g/mol. The maximum atomic E-state index is 6.35. The lowest BCUT2D eigenvalue weighted by Crippen LogP contribution is -2.21. The van der Waals surface area contributed by atoms with Crippen molar-refractivity contribution < 1.29 is 0 Å². The van der Waals surface area contributed by atoms with Crippen molar-refractivity contribution in [1.29, 1.82) is 0 Å². The Morgan fingerprint density at radius 2 is 1.57 bits per heavy atom. The number of nitrogens with one attached hydrogen (secondary N) is 2. The number of thiocarbonyl (C=S) groups is 1. The molecule has 0 aliphatic heterocycles. The molecule has 23 heavy (non-hydrogen) atoms. The number of anilines is 2. The minimum absolute atomic E-state index is 0.564. The summed E-state index contributed by atoms with van der Waals surface area (Å²) in [6, 6.07) is 10.4. The third kappa shape index (κ3) is 4.24. The molecule has 0 saturated heterocycles. The Kier molecular flexibility index (Phi) is 6.03. The fourth-order valence-corrected chi connectivity index (χ4v) is 3.31. The molecule has 0 bridgehead atoms. The predicted octanol–water partition coefficient (Wildman–Crippen LogP) is 5.89. The van der Waals surface area contributed by atoms with Gasteiger partial charge < -0.3 is 10.6 Å². The van der Waals surface area contributed by atoms with Crippen molar-refractivity contribution in [2.24, 2.45) is 0 Å². The molecule has 0 radical (unpaired) electrons. The van der Waals surface area contributed by atoms with Gasteiger partial charge in [-0.2, -0.15) is 0 Å². The zero-order chi connectivity index (χ0) is 17.0. The van der Waals surface area contributed by atoms with E-state index in [1.807, 2.05) is 19.9 Å². The predicted molar refractivity (Wildman–Crippen MR) is 106 cm³/mol. The zero-order valence-electron chi connectivity index (χ0n) is 14.1. The highest BCUT2D eigenvalue weighted by atomic mass is 35.5. The first-order valence-corrected chi connectivity index (χ1v) is 8.70. The van der Waals surface area contributed by atoms with Crippen molar-refractivity contribution >= 4 is 40.3 Å². The molecule has 122 valence electrons. The number of aryl methyl sites for hydroxylation is 4. The van der Waals surface area contributed by atoms with Crippen LogP contribution in [0.1, 0.15) is 36.1 Å². The summed E-state index contributed by atoms with van der Waals surface area (Å²) < 4.78 is 0. The van der Waals surface area contributed by atoms with E-state index >= 15 is 0 Å². The number of hydrogen-bond donors (Lipinski definition) is 2. The summed E-state index contributed by atoms with van der Waals surface area (Å²) in [5.74, 6) is 0. The van der Waals surface area contributed by atoms with Gasteiger partial charge in [-0.15, -0.1) is 0 Å². The van der Waals surface area contributed by atoms with E-state index in [2.05, 4.69) is 48.7 Å². The van der Waals surface area contributed by atoms with Gasteiger partial charge in [0.1, 0.15) is 0 Å². The number of para-hydroxylation sites is 1. The van der Waals surface area contributed by atoms with E-state index in [9.17, 15) is 0 Å². The molecule has 2 nitrogen and oxygen atoms in total. The molecule has 0 aromatic heterocycles. The van der Waals surface area contributed by atoms with Crippen LogP contribution in [0.2, 0.25) is 5.02 Å². The molecule has 0 unspecified atom stereocenters. The second kappa shape index (κ2) is 7.80. The first kappa shape index (κ1) is 17.8. The van der Waals surface area contributed by atoms with Gasteiger partial charge >= 0.3 is 0 Å². The molecule has 0 atom stereocenters. The van der Waals surface area contributed by atoms with Gasteiger partial charge in [0.25, 0.3) is 0 Å². The number of hydrogen-bond acceptors (Lipinski definition) is 1. The first-order chi connectivity index (χ1) is 11.0. The van der Waals surface area contributed by atoms with Gasteiger partial charge in [-0.1, -0.05) is 49.7 Å². The molecule has 0 aliphatic rings. The minimum Gasteiger partial charge on any atom is -0.332 e. The molecule has 0 heterocycles. The van der Waals surface area contributed by atoms with E-state index < -0.39 is 0 Å². The highest BCUT2D eigenvalue weighted by Gasteiger charge is 2.11. The summed E-state index contributed by atoms with van der Waals surface area (Å²) in [6.07, 6.45) is 1.92. The fraction of sp³-hybridized carbons (Fsp3) is 0.316. The molecule has 2 aromatic carbocycles. The van der Waals surface area contributed by atoms with E-state index in [-0.39, 0.29) is 0 Å². The molecular formula is C19H23ClN2S. The molecule has 2 aromatic rings. The maximum absolute atomic E-state index is 6.35. The quantitative estimate of drug-likeness (QED) is 0.675. The Hall–Kier alpha value is -1.58. The summed E-state index contributed by atoms with van der Waals surface area (Å²) in [4.78, 5) is 0. The van der Waals surface area contributed by atoms with Crippen LogP contribution in [0.15, 0.2) is 30.3 Å². The largest absolute Gasteiger partial charge is 0.332 e. The first-order valence-electron chi connectivity index (χ1n) is 7.91. The highest BCUT2D eigenvalue weighted by Crippen LogP contribution is 2.28. The summed E-state index contributed by atoms with van der Waals surface area (Å²) in [5, 5.41) is 7.86. The van der Waals surface area contributed by atoms with Crippen molar-refractivity contribution in [2.75, 3.05) is 10.6 Å². The average Bonchev–Trinajstić information content (AvgIpc) is 2.51. The second-order valence-electron chi connectivity index (χ2n) is 5.68. The van der Waals surface area contributed by atoms with E-state index in [1.54, 1.807) is 0 Å². The van der Waals surface area contributed by atoms with Gasteiger partial charge in [0.2, 0.25) is 0 Å². The van der Waals surface area contributed by atoms with Gasteiger partial charge in [0.05, 0.1) is 10.7 Å². The Morgan fingerprint density at radius 1 is 1.00 bits per heavy atom. The topological polar surface area (TPSA) is 24.1 Å². The normalized spacial score (nSPS) is 10.5. The van der Waals surface area contributed by atoms with Crippen molar-refractivity contribution in [1.82, 2.24) is 0 Å². The Bertz CT molecular complexity index is 680. The molecule has 2 N–H and O–H groups in total. The standard InChI is InChI=1S/C19H23ClN2S/c1-5-14-8-7-9-15(6-2)18(14)22-19(23)21-17-13(4)10-12(3)11-16(17)20/h7-11H,5-6H2,1-4H3,(H2,21,22,23). The maximum Gasteiger partial charge on any atom is 0.175 e. The molecule has 2 rings (SSSR count). The van der Waals surface area contributed by atoms with E-state index in [4.69, 9.17) is 23.8 Å². The van der Waals surface area contributed by atoms with E-state index in [1.165, 1.54) is 11.1 Å². The lowest BCUT2D eigenvalue weighted by Gasteiger charge is -2.18. The SMILES string of the molecule is CCc1cccc(CC)c1NC(=S)Nc1c(C)cc(C)cc1Cl. The van der Waals surface area contributed by atoms with Crippen LogP contribution in [-0.4, -0.2) is 5.11 Å². The number of rotatable bonds is 4. The van der Waals surface area contributed by atoms with Crippen LogP contribution in [0, 0.1) is 13.8 Å². The van der Waals surface area contributed by atoms with Gasteiger partial charge in [0.15, 0.2) is 5.11 Å². The fourth-order valence-electron chi connectivity index (χ4n) is 2.74. The van der Waals surface area contributed by atoms with Gasteiger partial charge in [-0.3, -0.25) is 0 Å². The molecule has 0 fully saturated rings. The summed E-state index contributed by atoms with van der Waals surface area (Å²) in [6.45, 7) is 8.36. The zero-order valence-corrected chi connectivity index (χ0v) is 15.7. The average molecular weight is 347 g/mol. The van der Waals surface area contributed by atoms with Crippen LogP contribution in [0.3, 0.4) is 0 Å². The highest BCUT2D eigenvalue weighted by molar-refractivity contribution is 7.80. The lowest BCUT2D eigenvalue weighted by atomic mass is 10.0. The Morgan fingerprint density at radius 3 is 2.09 bits per heavy atom. The second-order valence-corrected chi connectivity index (χ2v) is 6.49. The van der Waals surface area contributed by atoms with E-state index in [0.29, 0.717) is 10.1 Å². The van der Waals surface area contributed by atoms with Gasteiger partial charge in [0, 0.05) is 5.69 Å².